The van der Waals surface area contributed by atoms with Gasteiger partial charge in [-0.15, -0.1) is 0 Å². The monoisotopic (exact) mass is 386 g/mol. The van der Waals surface area contributed by atoms with Crippen LogP contribution in [0.3, 0.4) is 0 Å². The Labute approximate surface area is 135 Å². The third kappa shape index (κ3) is 4.36. The molecule has 0 fully saturated rings. The summed E-state index contributed by atoms with van der Waals surface area (Å²) in [6.45, 7) is -0.493. The SMILES string of the molecule is O=C(CNS(=O)(=O)c1ccc(Br)cc1)Nc1ccccc1F. The summed E-state index contributed by atoms with van der Waals surface area (Å²) in [6.07, 6.45) is 0. The number of hydrogen-bond donors (Lipinski definition) is 2. The predicted octanol–water partition coefficient (Wildman–Crippen LogP) is 2.51. The molecule has 0 unspecified atom stereocenters. The summed E-state index contributed by atoms with van der Waals surface area (Å²) in [5.74, 6) is -1.25. The van der Waals surface area contributed by atoms with E-state index >= 15 is 0 Å². The van der Waals surface area contributed by atoms with Gasteiger partial charge in [0, 0.05) is 4.47 Å². The van der Waals surface area contributed by atoms with Crippen LogP contribution in [0.2, 0.25) is 0 Å². The lowest BCUT2D eigenvalue weighted by Gasteiger charge is -2.08. The molecular weight excluding hydrogens is 375 g/mol. The number of hydrogen-bond acceptors (Lipinski definition) is 3. The fourth-order valence-electron chi connectivity index (χ4n) is 1.61. The Morgan fingerprint density at radius 3 is 2.36 bits per heavy atom. The first-order chi connectivity index (χ1) is 10.4. The fraction of sp³-hybridized carbons (Fsp3) is 0.0714. The van der Waals surface area contributed by atoms with Crippen molar-refractivity contribution in [3.63, 3.8) is 0 Å². The standard InChI is InChI=1S/C14H12BrFN2O3S/c15-10-5-7-11(8-6-10)22(20,21)17-9-14(19)18-13-4-2-1-3-12(13)16/h1-8,17H,9H2,(H,18,19). The molecule has 2 rings (SSSR count). The largest absolute Gasteiger partial charge is 0.322 e. The number of anilines is 1. The Morgan fingerprint density at radius 2 is 1.73 bits per heavy atom. The van der Waals surface area contributed by atoms with Crippen LogP contribution < -0.4 is 10.0 Å². The maximum Gasteiger partial charge on any atom is 0.241 e. The van der Waals surface area contributed by atoms with E-state index in [4.69, 9.17) is 0 Å². The normalized spacial score (nSPS) is 11.2. The van der Waals surface area contributed by atoms with Gasteiger partial charge in [-0.2, -0.15) is 0 Å². The highest BCUT2D eigenvalue weighted by atomic mass is 79.9. The first kappa shape index (κ1) is 16.6. The van der Waals surface area contributed by atoms with E-state index in [0.717, 1.165) is 4.47 Å². The van der Waals surface area contributed by atoms with E-state index in [9.17, 15) is 17.6 Å². The summed E-state index contributed by atoms with van der Waals surface area (Å²) in [5, 5.41) is 2.29. The van der Waals surface area contributed by atoms with Gasteiger partial charge in [-0.3, -0.25) is 4.79 Å². The predicted molar refractivity (Wildman–Crippen MR) is 84.4 cm³/mol. The second-order valence-electron chi connectivity index (χ2n) is 4.31. The minimum absolute atomic E-state index is 0.00432. The molecule has 0 heterocycles. The van der Waals surface area contributed by atoms with Crippen LogP contribution in [0.5, 0.6) is 0 Å². The van der Waals surface area contributed by atoms with Crippen LogP contribution >= 0.6 is 15.9 Å². The number of nitrogens with one attached hydrogen (secondary N) is 2. The molecular formula is C14H12BrFN2O3S. The molecule has 1 amide bonds. The van der Waals surface area contributed by atoms with Gasteiger partial charge in [0.25, 0.3) is 0 Å². The molecule has 0 aliphatic heterocycles. The third-order valence-electron chi connectivity index (χ3n) is 2.69. The van der Waals surface area contributed by atoms with Crippen LogP contribution in [0.4, 0.5) is 10.1 Å². The number of rotatable bonds is 5. The summed E-state index contributed by atoms with van der Waals surface area (Å²) >= 11 is 3.20. The lowest BCUT2D eigenvalue weighted by molar-refractivity contribution is -0.115. The molecule has 8 heteroatoms. The Balaban J connectivity index is 1.98. The maximum atomic E-state index is 13.4. The van der Waals surface area contributed by atoms with Gasteiger partial charge in [0.05, 0.1) is 17.1 Å². The van der Waals surface area contributed by atoms with Crippen molar-refractivity contribution in [3.8, 4) is 0 Å². The summed E-state index contributed by atoms with van der Waals surface area (Å²) in [5.41, 5.74) is -0.00432. The highest BCUT2D eigenvalue weighted by Gasteiger charge is 2.15. The molecule has 116 valence electrons. The fourth-order valence-corrected chi connectivity index (χ4v) is 2.86. The Bertz CT molecular complexity index is 779. The van der Waals surface area contributed by atoms with Crippen molar-refractivity contribution >= 4 is 37.5 Å². The second-order valence-corrected chi connectivity index (χ2v) is 6.99. The lowest BCUT2D eigenvalue weighted by atomic mass is 10.3. The van der Waals surface area contributed by atoms with Crippen LogP contribution in [-0.2, 0) is 14.8 Å². The highest BCUT2D eigenvalue weighted by Crippen LogP contribution is 2.15. The molecule has 5 nitrogen and oxygen atoms in total. The highest BCUT2D eigenvalue weighted by molar-refractivity contribution is 9.10. The number of carbonyl (C=O) groups excluding carboxylic acids is 1. The number of halogens is 2. The van der Waals surface area contributed by atoms with Crippen molar-refractivity contribution in [2.75, 3.05) is 11.9 Å². The third-order valence-corrected chi connectivity index (χ3v) is 4.64. The van der Waals surface area contributed by atoms with E-state index in [0.29, 0.717) is 0 Å². The topological polar surface area (TPSA) is 75.3 Å². The smallest absolute Gasteiger partial charge is 0.241 e. The summed E-state index contributed by atoms with van der Waals surface area (Å²) in [4.78, 5) is 11.7. The lowest BCUT2D eigenvalue weighted by Crippen LogP contribution is -2.33. The summed E-state index contributed by atoms with van der Waals surface area (Å²) < 4.78 is 40.2. The molecule has 22 heavy (non-hydrogen) atoms. The number of para-hydroxylation sites is 1. The molecule has 0 aliphatic rings. The zero-order chi connectivity index (χ0) is 16.2. The van der Waals surface area contributed by atoms with E-state index in [1.165, 1.54) is 30.3 Å². The number of carbonyl (C=O) groups is 1. The van der Waals surface area contributed by atoms with Crippen molar-refractivity contribution < 1.29 is 17.6 Å². The van der Waals surface area contributed by atoms with Gasteiger partial charge in [0.2, 0.25) is 15.9 Å². The molecule has 2 aromatic carbocycles. The van der Waals surface area contributed by atoms with Crippen LogP contribution in [0.15, 0.2) is 57.9 Å². The molecule has 2 aromatic rings. The summed E-state index contributed by atoms with van der Waals surface area (Å²) in [6, 6.07) is 11.6. The molecule has 0 radical (unpaired) electrons. The average Bonchev–Trinajstić information content (AvgIpc) is 2.48. The van der Waals surface area contributed by atoms with Gasteiger partial charge in [-0.25, -0.2) is 17.5 Å². The van der Waals surface area contributed by atoms with Gasteiger partial charge in [0.15, 0.2) is 0 Å². The first-order valence-corrected chi connectivity index (χ1v) is 8.46. The second kappa shape index (κ2) is 6.99. The van der Waals surface area contributed by atoms with E-state index in [2.05, 4.69) is 26.0 Å². The number of amides is 1. The minimum Gasteiger partial charge on any atom is -0.322 e. The van der Waals surface area contributed by atoms with Gasteiger partial charge in [-0.1, -0.05) is 28.1 Å². The number of sulfonamides is 1. The first-order valence-electron chi connectivity index (χ1n) is 6.18. The van der Waals surface area contributed by atoms with E-state index in [-0.39, 0.29) is 10.6 Å². The molecule has 0 spiro atoms. The van der Waals surface area contributed by atoms with Crippen molar-refractivity contribution in [1.29, 1.82) is 0 Å². The van der Waals surface area contributed by atoms with Crippen LogP contribution in [0.25, 0.3) is 0 Å². The average molecular weight is 387 g/mol. The van der Waals surface area contributed by atoms with Gasteiger partial charge >= 0.3 is 0 Å². The maximum absolute atomic E-state index is 13.4. The molecule has 0 saturated carbocycles. The number of benzene rings is 2. The summed E-state index contributed by atoms with van der Waals surface area (Å²) in [7, 11) is -3.80. The molecule has 0 bridgehead atoms. The van der Waals surface area contributed by atoms with Crippen molar-refractivity contribution in [2.24, 2.45) is 0 Å². The van der Waals surface area contributed by atoms with Crippen LogP contribution in [-0.4, -0.2) is 20.9 Å². The zero-order valence-corrected chi connectivity index (χ0v) is 13.6. The van der Waals surface area contributed by atoms with E-state index in [1.54, 1.807) is 18.2 Å². The van der Waals surface area contributed by atoms with Gasteiger partial charge in [-0.05, 0) is 36.4 Å². The van der Waals surface area contributed by atoms with E-state index < -0.39 is 28.3 Å². The van der Waals surface area contributed by atoms with Crippen molar-refractivity contribution in [1.82, 2.24) is 4.72 Å². The van der Waals surface area contributed by atoms with Gasteiger partial charge in [0.1, 0.15) is 5.82 Å². The Kier molecular flexibility index (Phi) is 5.28. The zero-order valence-electron chi connectivity index (χ0n) is 11.2. The van der Waals surface area contributed by atoms with Crippen LogP contribution in [0.1, 0.15) is 0 Å². The molecule has 0 saturated heterocycles. The Hall–Kier alpha value is -1.77. The van der Waals surface area contributed by atoms with Gasteiger partial charge < -0.3 is 5.32 Å². The minimum atomic E-state index is -3.80. The Morgan fingerprint density at radius 1 is 1.09 bits per heavy atom. The molecule has 2 N–H and O–H groups in total. The van der Waals surface area contributed by atoms with Crippen molar-refractivity contribution in [2.45, 2.75) is 4.90 Å². The van der Waals surface area contributed by atoms with Crippen molar-refractivity contribution in [3.05, 3.63) is 58.8 Å². The molecule has 0 aromatic heterocycles. The quantitative estimate of drug-likeness (QED) is 0.828. The van der Waals surface area contributed by atoms with E-state index in [1.807, 2.05) is 0 Å². The van der Waals surface area contributed by atoms with Crippen LogP contribution in [0, 0.1) is 5.82 Å². The molecule has 0 atom stereocenters. The molecule has 0 aliphatic carbocycles.